The van der Waals surface area contributed by atoms with Crippen molar-refractivity contribution in [3.8, 4) is 17.2 Å². The Kier molecular flexibility index (Phi) is 5.31. The van der Waals surface area contributed by atoms with Crippen LogP contribution in [0.4, 0.5) is 11.4 Å². The molecule has 0 fully saturated rings. The molecule has 8 nitrogen and oxygen atoms in total. The number of hydrogen-bond donors (Lipinski definition) is 1. The third-order valence-corrected chi connectivity index (χ3v) is 5.01. The van der Waals surface area contributed by atoms with Gasteiger partial charge < -0.3 is 24.4 Å². The lowest BCUT2D eigenvalue weighted by Gasteiger charge is -2.29. The highest BCUT2D eigenvalue weighted by Gasteiger charge is 2.25. The van der Waals surface area contributed by atoms with Crippen LogP contribution in [0.2, 0.25) is 0 Å². The summed E-state index contributed by atoms with van der Waals surface area (Å²) in [7, 11) is 0. The minimum atomic E-state index is -0.249. The third-order valence-electron chi connectivity index (χ3n) is 5.01. The number of ketones is 1. The van der Waals surface area contributed by atoms with Crippen molar-refractivity contribution in [1.29, 1.82) is 0 Å². The van der Waals surface area contributed by atoms with Crippen LogP contribution in [0.1, 0.15) is 35.7 Å². The van der Waals surface area contributed by atoms with E-state index < -0.39 is 0 Å². The van der Waals surface area contributed by atoms with E-state index in [4.69, 9.17) is 14.2 Å². The summed E-state index contributed by atoms with van der Waals surface area (Å²) in [5, 5.41) is 2.78. The number of ether oxygens (including phenoxy) is 3. The predicted octanol–water partition coefficient (Wildman–Crippen LogP) is 3.07. The Morgan fingerprint density at radius 3 is 2.60 bits per heavy atom. The van der Waals surface area contributed by atoms with E-state index in [0.29, 0.717) is 41.5 Å². The molecule has 0 bridgehead atoms. The molecule has 0 radical (unpaired) electrons. The zero-order valence-electron chi connectivity index (χ0n) is 16.8. The number of Topliss-reactive ketones (excluding diaryl/α,β-unsaturated/α-hetero) is 1. The fraction of sp³-hybridized carbons (Fsp3) is 0.318. The average Bonchev–Trinajstić information content (AvgIpc) is 3.16. The molecule has 0 unspecified atom stereocenters. The zero-order chi connectivity index (χ0) is 21.3. The van der Waals surface area contributed by atoms with Crippen LogP contribution < -0.4 is 24.4 Å². The number of anilines is 2. The maximum Gasteiger partial charge on any atom is 0.265 e. The topological polar surface area (TPSA) is 94.2 Å². The van der Waals surface area contributed by atoms with Crippen LogP contribution in [0.15, 0.2) is 30.3 Å². The highest BCUT2D eigenvalue weighted by molar-refractivity contribution is 6.04. The molecule has 0 aliphatic carbocycles. The molecule has 2 aromatic rings. The van der Waals surface area contributed by atoms with E-state index in [2.05, 4.69) is 5.32 Å². The van der Waals surface area contributed by atoms with E-state index in [0.717, 1.165) is 11.3 Å². The van der Waals surface area contributed by atoms with E-state index in [1.165, 1.54) is 6.92 Å². The molecule has 2 aromatic carbocycles. The van der Waals surface area contributed by atoms with Crippen LogP contribution in [-0.4, -0.2) is 37.5 Å². The Balaban J connectivity index is 1.40. The highest BCUT2D eigenvalue weighted by Crippen LogP contribution is 2.37. The number of nitrogens with one attached hydrogen (secondary N) is 1. The molecule has 0 saturated heterocycles. The normalized spacial score (nSPS) is 14.2. The number of hydrogen-bond acceptors (Lipinski definition) is 6. The van der Waals surface area contributed by atoms with Crippen molar-refractivity contribution in [3.05, 3.63) is 41.5 Å². The molecule has 4 rings (SSSR count). The third kappa shape index (κ3) is 3.94. The van der Waals surface area contributed by atoms with Gasteiger partial charge in [-0.1, -0.05) is 6.07 Å². The predicted molar refractivity (Wildman–Crippen MR) is 109 cm³/mol. The Hall–Kier alpha value is -3.55. The van der Waals surface area contributed by atoms with Crippen molar-refractivity contribution >= 4 is 29.0 Å². The lowest BCUT2D eigenvalue weighted by atomic mass is 10.1. The fourth-order valence-corrected chi connectivity index (χ4v) is 3.50. The second-order valence-corrected chi connectivity index (χ2v) is 7.26. The lowest BCUT2D eigenvalue weighted by Crippen LogP contribution is -2.39. The van der Waals surface area contributed by atoms with E-state index >= 15 is 0 Å². The van der Waals surface area contributed by atoms with Crippen LogP contribution in [0.25, 0.3) is 0 Å². The molecule has 8 heteroatoms. The quantitative estimate of drug-likeness (QED) is 0.736. The second-order valence-electron chi connectivity index (χ2n) is 7.26. The van der Waals surface area contributed by atoms with Gasteiger partial charge >= 0.3 is 0 Å². The van der Waals surface area contributed by atoms with Gasteiger partial charge in [-0.25, -0.2) is 0 Å². The summed E-state index contributed by atoms with van der Waals surface area (Å²) in [6.07, 6.45) is 0.655. The number of benzene rings is 2. The molecule has 2 aliphatic heterocycles. The molecule has 2 amide bonds. The standard InChI is InChI=1S/C22H22N2O6/c1-13-5-6-18-17(8-13)24(22(27)11-28-18)7-3-4-21(26)23-16-10-20-19(29-12-30-20)9-15(16)14(2)25/h5-6,8-10H,3-4,7,11-12H2,1-2H3,(H,23,26). The Bertz CT molecular complexity index is 1030. The molecular formula is C22H22N2O6. The second kappa shape index (κ2) is 8.06. The van der Waals surface area contributed by atoms with E-state index in [1.807, 2.05) is 25.1 Å². The van der Waals surface area contributed by atoms with Crippen molar-refractivity contribution in [3.63, 3.8) is 0 Å². The van der Waals surface area contributed by atoms with Gasteiger partial charge in [0.25, 0.3) is 5.91 Å². The van der Waals surface area contributed by atoms with E-state index in [9.17, 15) is 14.4 Å². The number of carbonyl (C=O) groups excluding carboxylic acids is 3. The summed E-state index contributed by atoms with van der Waals surface area (Å²) in [5.41, 5.74) is 2.50. The maximum atomic E-state index is 12.5. The van der Waals surface area contributed by atoms with Crippen LogP contribution in [-0.2, 0) is 9.59 Å². The van der Waals surface area contributed by atoms with Crippen LogP contribution >= 0.6 is 0 Å². The summed E-state index contributed by atoms with van der Waals surface area (Å²) in [6, 6.07) is 8.85. The monoisotopic (exact) mass is 410 g/mol. The molecule has 0 aromatic heterocycles. The molecule has 1 N–H and O–H groups in total. The summed E-state index contributed by atoms with van der Waals surface area (Å²) in [4.78, 5) is 38.4. The summed E-state index contributed by atoms with van der Waals surface area (Å²) < 4.78 is 16.1. The van der Waals surface area contributed by atoms with Crippen molar-refractivity contribution < 1.29 is 28.6 Å². The van der Waals surface area contributed by atoms with Crippen LogP contribution in [0.5, 0.6) is 17.2 Å². The fourth-order valence-electron chi connectivity index (χ4n) is 3.50. The van der Waals surface area contributed by atoms with E-state index in [1.54, 1.807) is 17.0 Å². The van der Waals surface area contributed by atoms with Gasteiger partial charge in [-0.3, -0.25) is 14.4 Å². The largest absolute Gasteiger partial charge is 0.482 e. The minimum absolute atomic E-state index is 0.0125. The molecule has 0 saturated carbocycles. The van der Waals surface area contributed by atoms with Crippen molar-refractivity contribution in [2.45, 2.75) is 26.7 Å². The van der Waals surface area contributed by atoms with Gasteiger partial charge in [0.2, 0.25) is 12.7 Å². The first-order valence-electron chi connectivity index (χ1n) is 9.70. The maximum absolute atomic E-state index is 12.5. The van der Waals surface area contributed by atoms with Gasteiger partial charge in [-0.2, -0.15) is 0 Å². The average molecular weight is 410 g/mol. The van der Waals surface area contributed by atoms with Gasteiger partial charge in [0.15, 0.2) is 23.9 Å². The molecule has 2 aliphatic rings. The lowest BCUT2D eigenvalue weighted by molar-refractivity contribution is -0.121. The highest BCUT2D eigenvalue weighted by atomic mass is 16.7. The zero-order valence-corrected chi connectivity index (χ0v) is 16.8. The SMILES string of the molecule is CC(=O)c1cc2c(cc1NC(=O)CCCN1C(=O)COc3ccc(C)cc31)OCO2. The number of aryl methyl sites for hydroxylation is 1. The molecule has 0 atom stereocenters. The van der Waals surface area contributed by atoms with E-state index in [-0.39, 0.29) is 37.4 Å². The number of nitrogens with zero attached hydrogens (tertiary/aromatic N) is 1. The smallest absolute Gasteiger partial charge is 0.265 e. The van der Waals surface area contributed by atoms with Crippen molar-refractivity contribution in [2.75, 3.05) is 30.2 Å². The van der Waals surface area contributed by atoms with Crippen molar-refractivity contribution in [1.82, 2.24) is 0 Å². The summed E-state index contributed by atoms with van der Waals surface area (Å²) in [5.74, 6) is 1.06. The van der Waals surface area contributed by atoms with Crippen LogP contribution in [0.3, 0.4) is 0 Å². The Labute approximate surface area is 173 Å². The molecular weight excluding hydrogens is 388 g/mol. The number of amides is 2. The number of rotatable bonds is 6. The van der Waals surface area contributed by atoms with Crippen molar-refractivity contribution in [2.24, 2.45) is 0 Å². The molecule has 2 heterocycles. The molecule has 30 heavy (non-hydrogen) atoms. The van der Waals surface area contributed by atoms with Gasteiger partial charge in [-0.15, -0.1) is 0 Å². The summed E-state index contributed by atoms with van der Waals surface area (Å²) >= 11 is 0. The van der Waals surface area contributed by atoms with Crippen LogP contribution in [0, 0.1) is 6.92 Å². The van der Waals surface area contributed by atoms with Gasteiger partial charge in [0, 0.05) is 24.6 Å². The van der Waals surface area contributed by atoms with Gasteiger partial charge in [0.1, 0.15) is 5.75 Å². The Morgan fingerprint density at radius 1 is 1.07 bits per heavy atom. The Morgan fingerprint density at radius 2 is 1.83 bits per heavy atom. The molecule has 0 spiro atoms. The first-order chi connectivity index (χ1) is 14.4. The minimum Gasteiger partial charge on any atom is -0.482 e. The number of carbonyl (C=O) groups is 3. The first kappa shape index (κ1) is 19.8. The van der Waals surface area contributed by atoms with Gasteiger partial charge in [-0.05, 0) is 44.0 Å². The summed E-state index contributed by atoms with van der Waals surface area (Å²) in [6.45, 7) is 3.84. The molecule has 156 valence electrons. The number of fused-ring (bicyclic) bond motifs is 2. The van der Waals surface area contributed by atoms with Gasteiger partial charge in [0.05, 0.1) is 11.4 Å². The first-order valence-corrected chi connectivity index (χ1v) is 9.70.